The third-order valence-electron chi connectivity index (χ3n) is 5.04. The number of carbonyl (C=O) groups is 2. The van der Waals surface area contributed by atoms with E-state index < -0.39 is 0 Å². The van der Waals surface area contributed by atoms with Crippen LogP contribution in [-0.2, 0) is 11.2 Å². The predicted octanol–water partition coefficient (Wildman–Crippen LogP) is 2.81. The second-order valence-electron chi connectivity index (χ2n) is 7.27. The van der Waals surface area contributed by atoms with Crippen molar-refractivity contribution in [3.05, 3.63) is 65.5 Å². The molecule has 0 unspecified atom stereocenters. The first-order valence-electron chi connectivity index (χ1n) is 9.53. The van der Waals surface area contributed by atoms with Crippen molar-refractivity contribution in [3.63, 3.8) is 0 Å². The van der Waals surface area contributed by atoms with Crippen LogP contribution in [0.5, 0.6) is 0 Å². The average molecular weight is 383 g/mol. The molecule has 0 spiro atoms. The molecule has 0 saturated carbocycles. The average Bonchev–Trinajstić information content (AvgIpc) is 2.95. The smallest absolute Gasteiger partial charge is 0.253 e. The molecule has 0 aliphatic carbocycles. The van der Waals surface area contributed by atoms with Gasteiger partial charge in [-0.15, -0.1) is 0 Å². The normalized spacial score (nSPS) is 14.5. The van der Waals surface area contributed by atoms with Crippen molar-refractivity contribution in [3.8, 4) is 0 Å². The lowest BCUT2D eigenvalue weighted by Gasteiger charge is -2.22. The number of amides is 2. The van der Waals surface area contributed by atoms with Crippen LogP contribution < -0.4 is 4.90 Å². The molecule has 0 atom stereocenters. The maximum absolute atomic E-state index is 13.0. The summed E-state index contributed by atoms with van der Waals surface area (Å²) in [5.41, 5.74) is 2.51. The van der Waals surface area contributed by atoms with E-state index in [1.165, 1.54) is 12.1 Å². The fourth-order valence-corrected chi connectivity index (χ4v) is 3.34. The molecule has 0 N–H and O–H groups in total. The van der Waals surface area contributed by atoms with Gasteiger partial charge in [-0.05, 0) is 48.4 Å². The topological polar surface area (TPSA) is 43.9 Å². The Kier molecular flexibility index (Phi) is 6.29. The summed E-state index contributed by atoms with van der Waals surface area (Å²) in [7, 11) is 3.92. The van der Waals surface area contributed by atoms with Gasteiger partial charge in [0.15, 0.2) is 0 Å². The Balaban J connectivity index is 1.58. The molecule has 2 amide bonds. The molecule has 1 heterocycles. The summed E-state index contributed by atoms with van der Waals surface area (Å²) in [5.74, 6) is -0.298. The zero-order valence-electron chi connectivity index (χ0n) is 16.4. The van der Waals surface area contributed by atoms with Crippen molar-refractivity contribution in [2.24, 2.45) is 0 Å². The number of anilines is 1. The number of rotatable bonds is 4. The van der Waals surface area contributed by atoms with Gasteiger partial charge < -0.3 is 14.7 Å². The summed E-state index contributed by atoms with van der Waals surface area (Å²) in [6, 6.07) is 13.6. The van der Waals surface area contributed by atoms with Crippen LogP contribution in [0.2, 0.25) is 0 Å². The lowest BCUT2D eigenvalue weighted by atomic mass is 10.1. The molecule has 0 bridgehead atoms. The maximum Gasteiger partial charge on any atom is 0.253 e. The molecule has 28 heavy (non-hydrogen) atoms. The molecule has 1 aliphatic heterocycles. The molecule has 2 aromatic carbocycles. The van der Waals surface area contributed by atoms with Crippen molar-refractivity contribution >= 4 is 17.5 Å². The lowest BCUT2D eigenvalue weighted by molar-refractivity contribution is -0.130. The van der Waals surface area contributed by atoms with Crippen LogP contribution in [0.15, 0.2) is 48.5 Å². The number of carbonyl (C=O) groups excluding carboxylic acids is 2. The van der Waals surface area contributed by atoms with Gasteiger partial charge in [0.25, 0.3) is 5.91 Å². The predicted molar refractivity (Wildman–Crippen MR) is 108 cm³/mol. The van der Waals surface area contributed by atoms with E-state index in [4.69, 9.17) is 0 Å². The minimum absolute atomic E-state index is 0.00172. The van der Waals surface area contributed by atoms with E-state index in [0.29, 0.717) is 31.7 Å². The van der Waals surface area contributed by atoms with Gasteiger partial charge in [-0.25, -0.2) is 4.39 Å². The third-order valence-corrected chi connectivity index (χ3v) is 5.04. The van der Waals surface area contributed by atoms with E-state index in [2.05, 4.69) is 0 Å². The zero-order valence-corrected chi connectivity index (χ0v) is 16.4. The molecule has 0 radical (unpaired) electrons. The molecule has 148 valence electrons. The summed E-state index contributed by atoms with van der Waals surface area (Å²) in [6.07, 6.45) is 0.997. The van der Waals surface area contributed by atoms with Gasteiger partial charge in [0.2, 0.25) is 5.91 Å². The van der Waals surface area contributed by atoms with E-state index in [-0.39, 0.29) is 24.1 Å². The largest absolute Gasteiger partial charge is 0.378 e. The number of hydrogen-bond acceptors (Lipinski definition) is 3. The van der Waals surface area contributed by atoms with Crippen molar-refractivity contribution in [2.45, 2.75) is 12.8 Å². The van der Waals surface area contributed by atoms with Crippen LogP contribution in [0.1, 0.15) is 22.3 Å². The highest BCUT2D eigenvalue weighted by atomic mass is 19.1. The molecule has 1 fully saturated rings. The first kappa shape index (κ1) is 19.9. The highest BCUT2D eigenvalue weighted by molar-refractivity contribution is 5.94. The van der Waals surface area contributed by atoms with Gasteiger partial charge in [-0.2, -0.15) is 0 Å². The number of benzene rings is 2. The first-order chi connectivity index (χ1) is 13.4. The highest BCUT2D eigenvalue weighted by Gasteiger charge is 2.23. The Morgan fingerprint density at radius 2 is 1.50 bits per heavy atom. The van der Waals surface area contributed by atoms with Crippen molar-refractivity contribution in [2.75, 3.05) is 45.2 Å². The van der Waals surface area contributed by atoms with Gasteiger partial charge in [0.05, 0.1) is 6.42 Å². The van der Waals surface area contributed by atoms with Crippen LogP contribution in [0.4, 0.5) is 10.1 Å². The fraction of sp³-hybridized carbons (Fsp3) is 0.364. The Morgan fingerprint density at radius 1 is 0.893 bits per heavy atom. The summed E-state index contributed by atoms with van der Waals surface area (Å²) in [6.45, 7) is 2.29. The monoisotopic (exact) mass is 383 g/mol. The van der Waals surface area contributed by atoms with Crippen molar-refractivity contribution in [1.82, 2.24) is 9.80 Å². The van der Waals surface area contributed by atoms with Crippen LogP contribution in [0, 0.1) is 5.82 Å². The molecule has 1 saturated heterocycles. The van der Waals surface area contributed by atoms with Crippen LogP contribution in [0.3, 0.4) is 0 Å². The minimum atomic E-state index is -0.307. The fourth-order valence-electron chi connectivity index (χ4n) is 3.34. The summed E-state index contributed by atoms with van der Waals surface area (Å²) < 4.78 is 13.0. The van der Waals surface area contributed by atoms with Crippen LogP contribution >= 0.6 is 0 Å². The number of hydrogen-bond donors (Lipinski definition) is 0. The molecule has 3 rings (SSSR count). The number of halogens is 1. The van der Waals surface area contributed by atoms with Gasteiger partial charge in [0, 0.05) is 51.5 Å². The van der Waals surface area contributed by atoms with Crippen molar-refractivity contribution < 1.29 is 14.0 Å². The molecule has 6 heteroatoms. The summed E-state index contributed by atoms with van der Waals surface area (Å²) in [4.78, 5) is 31.0. The summed E-state index contributed by atoms with van der Waals surface area (Å²) >= 11 is 0. The van der Waals surface area contributed by atoms with E-state index in [1.807, 2.05) is 48.2 Å². The summed E-state index contributed by atoms with van der Waals surface area (Å²) in [5, 5.41) is 0. The van der Waals surface area contributed by atoms with E-state index in [0.717, 1.165) is 17.7 Å². The van der Waals surface area contributed by atoms with Gasteiger partial charge in [0.1, 0.15) is 5.82 Å². The van der Waals surface area contributed by atoms with E-state index >= 15 is 0 Å². The molecule has 1 aliphatic rings. The Bertz CT molecular complexity index is 819. The van der Waals surface area contributed by atoms with E-state index in [9.17, 15) is 14.0 Å². The highest BCUT2D eigenvalue weighted by Crippen LogP contribution is 2.15. The van der Waals surface area contributed by atoms with Crippen LogP contribution in [-0.4, -0.2) is 61.9 Å². The SMILES string of the molecule is CN(C)c1ccc(C(=O)N2CCCN(C(=O)Cc3ccc(F)cc3)CC2)cc1. The second-order valence-corrected chi connectivity index (χ2v) is 7.27. The molecule has 5 nitrogen and oxygen atoms in total. The Labute approximate surface area is 165 Å². The van der Waals surface area contributed by atoms with Gasteiger partial charge in [-0.1, -0.05) is 12.1 Å². The van der Waals surface area contributed by atoms with Crippen molar-refractivity contribution in [1.29, 1.82) is 0 Å². The number of nitrogens with zero attached hydrogens (tertiary/aromatic N) is 3. The van der Waals surface area contributed by atoms with Gasteiger partial charge >= 0.3 is 0 Å². The first-order valence-corrected chi connectivity index (χ1v) is 9.53. The molecular weight excluding hydrogens is 357 g/mol. The molecular formula is C22H26FN3O2. The maximum atomic E-state index is 13.0. The Hall–Kier alpha value is -2.89. The Morgan fingerprint density at radius 3 is 2.14 bits per heavy atom. The zero-order chi connectivity index (χ0) is 20.1. The van der Waals surface area contributed by atoms with Gasteiger partial charge in [-0.3, -0.25) is 9.59 Å². The third kappa shape index (κ3) is 4.88. The minimum Gasteiger partial charge on any atom is -0.378 e. The second kappa shape index (κ2) is 8.87. The molecule has 0 aromatic heterocycles. The standard InChI is InChI=1S/C22H26FN3O2/c1-24(2)20-10-6-18(7-11-20)22(28)26-13-3-12-25(14-15-26)21(27)16-17-4-8-19(23)9-5-17/h4-11H,3,12-16H2,1-2H3. The van der Waals surface area contributed by atoms with E-state index in [1.54, 1.807) is 17.0 Å². The quantitative estimate of drug-likeness (QED) is 0.816. The van der Waals surface area contributed by atoms with Crippen LogP contribution in [0.25, 0.3) is 0 Å². The lowest BCUT2D eigenvalue weighted by Crippen LogP contribution is -2.38. The molecule has 2 aromatic rings.